The predicted octanol–water partition coefficient (Wildman–Crippen LogP) is 5.21. The molecule has 26 heavy (non-hydrogen) atoms. The van der Waals surface area contributed by atoms with Crippen molar-refractivity contribution in [3.05, 3.63) is 63.6 Å². The second-order valence-electron chi connectivity index (χ2n) is 6.29. The normalized spacial score (nSPS) is 22.4. The van der Waals surface area contributed by atoms with Crippen molar-refractivity contribution in [2.24, 2.45) is 5.92 Å². The standard InChI is InChI=1S/C18H14Cl2F3NO2/c19-12-3-1-10(2-4-12)9-17(18(21,22)23)14(16(25)26)8-11-7-13(20)5-6-15(11)24-17/h1-7,14,24H,8-9H2,(H,25,26)/t14-,17-/m0/s1. The van der Waals surface area contributed by atoms with Gasteiger partial charge in [0.15, 0.2) is 5.54 Å². The largest absolute Gasteiger partial charge is 0.481 e. The van der Waals surface area contributed by atoms with Crippen LogP contribution in [0, 0.1) is 5.92 Å². The molecule has 2 aromatic rings. The predicted molar refractivity (Wildman–Crippen MR) is 93.8 cm³/mol. The molecule has 3 nitrogen and oxygen atoms in total. The number of carboxylic acids is 1. The lowest BCUT2D eigenvalue weighted by Crippen LogP contribution is -2.63. The van der Waals surface area contributed by atoms with E-state index in [-0.39, 0.29) is 12.1 Å². The molecular formula is C18H14Cl2F3NO2. The van der Waals surface area contributed by atoms with E-state index in [2.05, 4.69) is 5.32 Å². The highest BCUT2D eigenvalue weighted by atomic mass is 35.5. The number of hydrogen-bond acceptors (Lipinski definition) is 2. The van der Waals surface area contributed by atoms with E-state index in [1.54, 1.807) is 0 Å². The molecule has 2 atom stereocenters. The zero-order chi connectivity index (χ0) is 19.1. The summed E-state index contributed by atoms with van der Waals surface area (Å²) in [5, 5.41) is 12.8. The first-order valence-corrected chi connectivity index (χ1v) is 8.48. The van der Waals surface area contributed by atoms with Crippen LogP contribution >= 0.6 is 23.2 Å². The molecule has 0 spiro atoms. The fourth-order valence-electron chi connectivity index (χ4n) is 3.33. The Balaban J connectivity index is 2.12. The van der Waals surface area contributed by atoms with E-state index in [9.17, 15) is 23.1 Å². The first-order valence-electron chi connectivity index (χ1n) is 7.73. The molecule has 2 N–H and O–H groups in total. The van der Waals surface area contributed by atoms with Crippen LogP contribution in [0.4, 0.5) is 18.9 Å². The van der Waals surface area contributed by atoms with Gasteiger partial charge in [-0.25, -0.2) is 0 Å². The first kappa shape index (κ1) is 18.9. The summed E-state index contributed by atoms with van der Waals surface area (Å²) in [6.07, 6.45) is -5.61. The Labute approximate surface area is 157 Å². The van der Waals surface area contributed by atoms with Crippen LogP contribution in [0.2, 0.25) is 10.0 Å². The van der Waals surface area contributed by atoms with Crippen molar-refractivity contribution in [3.8, 4) is 0 Å². The molecule has 8 heteroatoms. The number of hydrogen-bond donors (Lipinski definition) is 2. The number of nitrogens with one attached hydrogen (secondary N) is 1. The molecule has 138 valence electrons. The number of anilines is 1. The molecule has 2 aromatic carbocycles. The molecule has 0 unspecified atom stereocenters. The van der Waals surface area contributed by atoms with Crippen molar-refractivity contribution in [3.63, 3.8) is 0 Å². The number of aliphatic carboxylic acids is 1. The third-order valence-electron chi connectivity index (χ3n) is 4.64. The maximum atomic E-state index is 14.2. The van der Waals surface area contributed by atoms with Gasteiger partial charge in [0.1, 0.15) is 0 Å². The highest BCUT2D eigenvalue weighted by Gasteiger charge is 2.63. The minimum atomic E-state index is -4.80. The van der Waals surface area contributed by atoms with E-state index in [0.29, 0.717) is 21.2 Å². The molecule has 0 bridgehead atoms. The second kappa shape index (κ2) is 6.67. The third kappa shape index (κ3) is 3.35. The monoisotopic (exact) mass is 403 g/mol. The summed E-state index contributed by atoms with van der Waals surface area (Å²) in [5.41, 5.74) is -1.63. The van der Waals surface area contributed by atoms with E-state index >= 15 is 0 Å². The molecule has 3 rings (SSSR count). The number of carboxylic acid groups (broad SMARTS) is 1. The lowest BCUT2D eigenvalue weighted by molar-refractivity contribution is -0.201. The summed E-state index contributed by atoms with van der Waals surface area (Å²) < 4.78 is 42.5. The maximum Gasteiger partial charge on any atom is 0.412 e. The summed E-state index contributed by atoms with van der Waals surface area (Å²) in [6.45, 7) is 0. The van der Waals surface area contributed by atoms with Crippen molar-refractivity contribution >= 4 is 34.9 Å². The van der Waals surface area contributed by atoms with Gasteiger partial charge in [-0.2, -0.15) is 13.2 Å². The Bertz CT molecular complexity index is 839. The molecule has 0 radical (unpaired) electrons. The number of benzene rings is 2. The van der Waals surface area contributed by atoms with Crippen molar-refractivity contribution in [2.75, 3.05) is 5.32 Å². The van der Waals surface area contributed by atoms with E-state index < -0.39 is 30.0 Å². The second-order valence-corrected chi connectivity index (χ2v) is 7.17. The Morgan fingerprint density at radius 3 is 2.35 bits per heavy atom. The number of alkyl halides is 3. The lowest BCUT2D eigenvalue weighted by Gasteiger charge is -2.45. The van der Waals surface area contributed by atoms with E-state index in [4.69, 9.17) is 23.2 Å². The van der Waals surface area contributed by atoms with Crippen molar-refractivity contribution < 1.29 is 23.1 Å². The molecule has 0 saturated carbocycles. The number of carbonyl (C=O) groups is 1. The van der Waals surface area contributed by atoms with Crippen LogP contribution in [-0.4, -0.2) is 22.8 Å². The van der Waals surface area contributed by atoms with Crippen LogP contribution in [0.5, 0.6) is 0 Å². The van der Waals surface area contributed by atoms with Crippen LogP contribution in [0.15, 0.2) is 42.5 Å². The molecule has 0 saturated heterocycles. The summed E-state index contributed by atoms with van der Waals surface area (Å²) in [5.74, 6) is -3.22. The topological polar surface area (TPSA) is 49.3 Å². The van der Waals surface area contributed by atoms with Crippen LogP contribution in [-0.2, 0) is 17.6 Å². The van der Waals surface area contributed by atoms with Crippen molar-refractivity contribution in [1.82, 2.24) is 0 Å². The molecule has 0 amide bonds. The molecule has 0 aromatic heterocycles. The van der Waals surface area contributed by atoms with Crippen molar-refractivity contribution in [1.29, 1.82) is 0 Å². The van der Waals surface area contributed by atoms with Gasteiger partial charge < -0.3 is 10.4 Å². The van der Waals surface area contributed by atoms with Gasteiger partial charge in [0.25, 0.3) is 0 Å². The highest BCUT2D eigenvalue weighted by molar-refractivity contribution is 6.31. The van der Waals surface area contributed by atoms with Gasteiger partial charge in [-0.15, -0.1) is 0 Å². The minimum absolute atomic E-state index is 0.234. The minimum Gasteiger partial charge on any atom is -0.481 e. The number of fused-ring (bicyclic) bond motifs is 1. The molecule has 1 aliphatic heterocycles. The van der Waals surface area contributed by atoms with Gasteiger partial charge in [0.2, 0.25) is 0 Å². The summed E-state index contributed by atoms with van der Waals surface area (Å²) in [4.78, 5) is 11.8. The molecule has 0 fully saturated rings. The molecule has 1 heterocycles. The van der Waals surface area contributed by atoms with Gasteiger partial charge >= 0.3 is 12.1 Å². The molecule has 0 aliphatic carbocycles. The summed E-state index contributed by atoms with van der Waals surface area (Å²) in [7, 11) is 0. The van der Waals surface area contributed by atoms with Crippen LogP contribution < -0.4 is 5.32 Å². The average molecular weight is 404 g/mol. The van der Waals surface area contributed by atoms with E-state index in [1.165, 1.54) is 42.5 Å². The SMILES string of the molecule is O=C(O)[C@@H]1Cc2cc(Cl)ccc2N[C@]1(Cc1ccc(Cl)cc1)C(F)(F)F. The Morgan fingerprint density at radius 1 is 1.15 bits per heavy atom. The third-order valence-corrected chi connectivity index (χ3v) is 5.13. The van der Waals surface area contributed by atoms with Gasteiger partial charge in [-0.3, -0.25) is 4.79 Å². The Hall–Kier alpha value is -1.92. The van der Waals surface area contributed by atoms with Crippen LogP contribution in [0.3, 0.4) is 0 Å². The Kier molecular flexibility index (Phi) is 4.84. The van der Waals surface area contributed by atoms with E-state index in [1.807, 2.05) is 0 Å². The quantitative estimate of drug-likeness (QED) is 0.739. The Morgan fingerprint density at radius 2 is 1.77 bits per heavy atom. The van der Waals surface area contributed by atoms with Gasteiger partial charge in [0, 0.05) is 22.2 Å². The van der Waals surface area contributed by atoms with Gasteiger partial charge in [-0.05, 0) is 47.9 Å². The lowest BCUT2D eigenvalue weighted by atomic mass is 9.72. The molecule has 1 aliphatic rings. The maximum absolute atomic E-state index is 14.2. The fraction of sp³-hybridized carbons (Fsp3) is 0.278. The summed E-state index contributed by atoms with van der Waals surface area (Å²) >= 11 is 11.7. The smallest absolute Gasteiger partial charge is 0.412 e. The molecular weight excluding hydrogens is 390 g/mol. The van der Waals surface area contributed by atoms with E-state index in [0.717, 1.165) is 0 Å². The summed E-state index contributed by atoms with van der Waals surface area (Å²) in [6, 6.07) is 10.3. The first-order chi connectivity index (χ1) is 12.1. The van der Waals surface area contributed by atoms with Crippen LogP contribution in [0.25, 0.3) is 0 Å². The van der Waals surface area contributed by atoms with Gasteiger partial charge in [-0.1, -0.05) is 35.3 Å². The van der Waals surface area contributed by atoms with Gasteiger partial charge in [0.05, 0.1) is 5.92 Å². The zero-order valence-electron chi connectivity index (χ0n) is 13.3. The van der Waals surface area contributed by atoms with Crippen LogP contribution in [0.1, 0.15) is 11.1 Å². The number of rotatable bonds is 3. The average Bonchev–Trinajstić information content (AvgIpc) is 2.55. The fourth-order valence-corrected chi connectivity index (χ4v) is 3.65. The highest BCUT2D eigenvalue weighted by Crippen LogP contribution is 2.47. The zero-order valence-corrected chi connectivity index (χ0v) is 14.8. The number of halogens is 5. The van der Waals surface area contributed by atoms with Crippen molar-refractivity contribution in [2.45, 2.75) is 24.6 Å².